The van der Waals surface area contributed by atoms with Crippen molar-refractivity contribution in [1.82, 2.24) is 10.2 Å². The molecule has 0 spiro atoms. The summed E-state index contributed by atoms with van der Waals surface area (Å²) in [5.41, 5.74) is 3.00. The molecule has 0 aliphatic carbocycles. The fraction of sp³-hybridized carbons (Fsp3) is 0.360. The van der Waals surface area contributed by atoms with Crippen molar-refractivity contribution in [2.45, 2.75) is 51.6 Å². The van der Waals surface area contributed by atoms with Crippen LogP contribution >= 0.6 is 0 Å². The Kier molecular flexibility index (Phi) is 5.72. The zero-order valence-corrected chi connectivity index (χ0v) is 17.8. The summed E-state index contributed by atoms with van der Waals surface area (Å²) in [5.74, 6) is -0.508. The maximum absolute atomic E-state index is 13.1. The van der Waals surface area contributed by atoms with Gasteiger partial charge in [-0.2, -0.15) is 0 Å². The van der Waals surface area contributed by atoms with Crippen LogP contribution in [0.2, 0.25) is 0 Å². The highest BCUT2D eigenvalue weighted by Crippen LogP contribution is 2.32. The highest BCUT2D eigenvalue weighted by atomic mass is 16.2. The van der Waals surface area contributed by atoms with Gasteiger partial charge in [0, 0.05) is 30.5 Å². The van der Waals surface area contributed by atoms with E-state index in [1.807, 2.05) is 18.2 Å². The van der Waals surface area contributed by atoms with E-state index in [9.17, 15) is 19.2 Å². The Morgan fingerprint density at radius 1 is 1.10 bits per heavy atom. The Morgan fingerprint density at radius 2 is 1.84 bits per heavy atom. The van der Waals surface area contributed by atoms with E-state index >= 15 is 0 Å². The number of carbonyl (C=O) groups excluding carboxylic acids is 4. The minimum absolute atomic E-state index is 0.0391. The Labute approximate surface area is 181 Å². The molecule has 4 rings (SSSR count). The van der Waals surface area contributed by atoms with Crippen LogP contribution in [0, 0.1) is 5.92 Å². The largest absolute Gasteiger partial charge is 0.322 e. The molecule has 1 fully saturated rings. The van der Waals surface area contributed by atoms with Crippen molar-refractivity contribution in [2.24, 2.45) is 5.92 Å². The maximum atomic E-state index is 13.1. The lowest BCUT2D eigenvalue weighted by Crippen LogP contribution is -2.52. The molecule has 1 saturated heterocycles. The summed E-state index contributed by atoms with van der Waals surface area (Å²) in [6.45, 7) is 4.50. The lowest BCUT2D eigenvalue weighted by Gasteiger charge is -2.29. The summed E-state index contributed by atoms with van der Waals surface area (Å²) in [5, 5.41) is 2.31. The number of ketones is 1. The van der Waals surface area contributed by atoms with Crippen molar-refractivity contribution >= 4 is 23.5 Å². The van der Waals surface area contributed by atoms with Gasteiger partial charge in [0.25, 0.3) is 5.91 Å². The second-order valence-corrected chi connectivity index (χ2v) is 8.66. The number of imide groups is 1. The molecule has 2 aromatic carbocycles. The Hall–Kier alpha value is -3.28. The molecule has 0 bridgehead atoms. The normalized spacial score (nSPS) is 19.4. The minimum Gasteiger partial charge on any atom is -0.322 e. The number of benzene rings is 2. The molecule has 31 heavy (non-hydrogen) atoms. The first kappa shape index (κ1) is 21.0. The predicted octanol–water partition coefficient (Wildman–Crippen LogP) is 3.46. The van der Waals surface area contributed by atoms with Crippen LogP contribution in [0.3, 0.4) is 0 Å². The molecule has 2 aromatic rings. The van der Waals surface area contributed by atoms with Gasteiger partial charge in [0.1, 0.15) is 6.04 Å². The molecule has 0 saturated carbocycles. The van der Waals surface area contributed by atoms with Crippen molar-refractivity contribution in [2.75, 3.05) is 0 Å². The zero-order chi connectivity index (χ0) is 22.1. The number of hydrogen-bond donors (Lipinski definition) is 1. The van der Waals surface area contributed by atoms with E-state index in [2.05, 4.69) is 31.3 Å². The molecule has 0 radical (unpaired) electrons. The Bertz CT molecular complexity index is 1040. The second kappa shape index (κ2) is 8.46. The number of Topliss-reactive ketones (excluding diaryl/α,β-unsaturated/α-hetero) is 1. The van der Waals surface area contributed by atoms with Gasteiger partial charge in [0.15, 0.2) is 5.78 Å². The number of hydrogen-bond acceptors (Lipinski definition) is 4. The average molecular weight is 418 g/mol. The SMILES string of the molecule is CC(C)[C@H](CC(=O)c1ccc2c(c1)CN(C1CCC(=O)NC1=O)C2=O)c1ccccc1. The summed E-state index contributed by atoms with van der Waals surface area (Å²) < 4.78 is 0. The van der Waals surface area contributed by atoms with Gasteiger partial charge in [-0.25, -0.2) is 0 Å². The molecular weight excluding hydrogens is 392 g/mol. The molecular formula is C25H26N2O4. The highest BCUT2D eigenvalue weighted by Gasteiger charge is 2.39. The number of piperidine rings is 1. The lowest BCUT2D eigenvalue weighted by atomic mass is 9.83. The first-order valence-electron chi connectivity index (χ1n) is 10.7. The summed E-state index contributed by atoms with van der Waals surface area (Å²) in [4.78, 5) is 51.0. The van der Waals surface area contributed by atoms with Crippen LogP contribution in [0.15, 0.2) is 48.5 Å². The van der Waals surface area contributed by atoms with E-state index in [0.29, 0.717) is 29.9 Å². The summed E-state index contributed by atoms with van der Waals surface area (Å²) in [6.07, 6.45) is 0.935. The van der Waals surface area contributed by atoms with Gasteiger partial charge in [-0.1, -0.05) is 50.2 Å². The van der Waals surface area contributed by atoms with Gasteiger partial charge in [-0.05, 0) is 41.5 Å². The summed E-state index contributed by atoms with van der Waals surface area (Å²) in [6, 6.07) is 14.6. The third-order valence-electron chi connectivity index (χ3n) is 6.28. The smallest absolute Gasteiger partial charge is 0.255 e. The number of nitrogens with zero attached hydrogens (tertiary/aromatic N) is 1. The van der Waals surface area contributed by atoms with Gasteiger partial charge < -0.3 is 4.90 Å². The summed E-state index contributed by atoms with van der Waals surface area (Å²) >= 11 is 0. The van der Waals surface area contributed by atoms with E-state index < -0.39 is 11.9 Å². The van der Waals surface area contributed by atoms with E-state index in [0.717, 1.165) is 11.1 Å². The second-order valence-electron chi connectivity index (χ2n) is 8.66. The standard InChI is InChI=1S/C25H26N2O4/c1-15(2)20(16-6-4-3-5-7-16)13-22(28)17-8-9-19-18(12-17)14-27(25(19)31)21-10-11-23(29)26-24(21)30/h3-9,12,15,20-21H,10-11,13-14H2,1-2H3,(H,26,29,30)/t20-,21?/m0/s1. The minimum atomic E-state index is -0.653. The van der Waals surface area contributed by atoms with Crippen LogP contribution in [-0.4, -0.2) is 34.4 Å². The van der Waals surface area contributed by atoms with Crippen molar-refractivity contribution in [3.63, 3.8) is 0 Å². The molecule has 2 aliphatic rings. The van der Waals surface area contributed by atoms with Crippen LogP contribution in [0.25, 0.3) is 0 Å². The van der Waals surface area contributed by atoms with Crippen LogP contribution in [0.4, 0.5) is 0 Å². The van der Waals surface area contributed by atoms with E-state index in [1.54, 1.807) is 18.2 Å². The predicted molar refractivity (Wildman–Crippen MR) is 115 cm³/mol. The van der Waals surface area contributed by atoms with Gasteiger partial charge in [-0.15, -0.1) is 0 Å². The zero-order valence-electron chi connectivity index (χ0n) is 17.8. The molecule has 2 aliphatic heterocycles. The quantitative estimate of drug-likeness (QED) is 0.575. The molecule has 2 heterocycles. The maximum Gasteiger partial charge on any atom is 0.255 e. The molecule has 2 atom stereocenters. The number of amides is 3. The highest BCUT2D eigenvalue weighted by molar-refractivity contribution is 6.06. The Morgan fingerprint density at radius 3 is 2.52 bits per heavy atom. The van der Waals surface area contributed by atoms with E-state index in [4.69, 9.17) is 0 Å². The van der Waals surface area contributed by atoms with E-state index in [-0.39, 0.29) is 36.5 Å². The first-order valence-corrected chi connectivity index (χ1v) is 10.7. The average Bonchev–Trinajstić information content (AvgIpc) is 3.08. The van der Waals surface area contributed by atoms with Crippen LogP contribution < -0.4 is 5.32 Å². The fourth-order valence-corrected chi connectivity index (χ4v) is 4.50. The number of rotatable bonds is 6. The van der Waals surface area contributed by atoms with Crippen molar-refractivity contribution in [1.29, 1.82) is 0 Å². The molecule has 160 valence electrons. The number of carbonyl (C=O) groups is 4. The van der Waals surface area contributed by atoms with Gasteiger partial charge in [0.05, 0.1) is 0 Å². The van der Waals surface area contributed by atoms with Crippen LogP contribution in [0.1, 0.15) is 70.9 Å². The van der Waals surface area contributed by atoms with E-state index in [1.165, 1.54) is 4.90 Å². The lowest BCUT2D eigenvalue weighted by molar-refractivity contribution is -0.136. The van der Waals surface area contributed by atoms with Gasteiger partial charge >= 0.3 is 0 Å². The topological polar surface area (TPSA) is 83.6 Å². The molecule has 3 amide bonds. The van der Waals surface area contributed by atoms with Gasteiger partial charge in [-0.3, -0.25) is 24.5 Å². The molecule has 6 heteroatoms. The number of nitrogens with one attached hydrogen (secondary N) is 1. The van der Waals surface area contributed by atoms with Crippen molar-refractivity contribution < 1.29 is 19.2 Å². The summed E-state index contributed by atoms with van der Waals surface area (Å²) in [7, 11) is 0. The molecule has 1 N–H and O–H groups in total. The van der Waals surface area contributed by atoms with Gasteiger partial charge in [0.2, 0.25) is 11.8 Å². The monoisotopic (exact) mass is 418 g/mol. The fourth-order valence-electron chi connectivity index (χ4n) is 4.50. The molecule has 1 unspecified atom stereocenters. The van der Waals surface area contributed by atoms with Crippen molar-refractivity contribution in [3.8, 4) is 0 Å². The molecule has 6 nitrogen and oxygen atoms in total. The first-order chi connectivity index (χ1) is 14.8. The van der Waals surface area contributed by atoms with Crippen molar-refractivity contribution in [3.05, 3.63) is 70.8 Å². The van der Waals surface area contributed by atoms with Crippen LogP contribution in [-0.2, 0) is 16.1 Å². The number of fused-ring (bicyclic) bond motifs is 1. The third kappa shape index (κ3) is 4.15. The third-order valence-corrected chi connectivity index (χ3v) is 6.28. The van der Waals surface area contributed by atoms with Crippen LogP contribution in [0.5, 0.6) is 0 Å². The Balaban J connectivity index is 1.52. The molecule has 0 aromatic heterocycles.